The Morgan fingerprint density at radius 2 is 1.87 bits per heavy atom. The number of aliphatic hydroxyl groups excluding tert-OH is 2. The molecule has 0 spiro atoms. The number of rotatable bonds is 6. The third-order valence-electron chi connectivity index (χ3n) is 1.56. The van der Waals surface area contributed by atoms with E-state index in [0.29, 0.717) is 0 Å². The summed E-state index contributed by atoms with van der Waals surface area (Å²) in [5, 5.41) is 18.2. The van der Waals surface area contributed by atoms with Crippen molar-refractivity contribution >= 4 is 16.1 Å². The molecule has 15 heavy (non-hydrogen) atoms. The summed E-state index contributed by atoms with van der Waals surface area (Å²) in [6.45, 7) is 2.51. The molecule has 0 bridgehead atoms. The lowest BCUT2D eigenvalue weighted by Crippen LogP contribution is -2.24. The Hall–Kier alpha value is -0.660. The molecule has 0 fully saturated rings. The maximum Gasteiger partial charge on any atom is 0.319 e. The highest BCUT2D eigenvalue weighted by Crippen LogP contribution is 2.05. The van der Waals surface area contributed by atoms with E-state index in [4.69, 9.17) is 5.11 Å². The van der Waals surface area contributed by atoms with Crippen LogP contribution in [0.3, 0.4) is 0 Å². The maximum atomic E-state index is 11.0. The molecule has 90 valence electrons. The minimum atomic E-state index is -4.01. The molecule has 2 N–H and O–H groups in total. The Morgan fingerprint density at radius 3 is 2.27 bits per heavy atom. The van der Waals surface area contributed by atoms with E-state index in [2.05, 4.69) is 4.18 Å². The summed E-state index contributed by atoms with van der Waals surface area (Å²) in [6.07, 6.45) is -1.31. The van der Waals surface area contributed by atoms with Gasteiger partial charge in [-0.1, -0.05) is 0 Å². The highest BCUT2D eigenvalue weighted by molar-refractivity contribution is 7.87. The van der Waals surface area contributed by atoms with Crippen molar-refractivity contribution in [2.45, 2.75) is 38.9 Å². The average Bonchev–Trinajstić information content (AvgIpc) is 1.96. The lowest BCUT2D eigenvalue weighted by molar-refractivity contribution is -0.131. The SMILES string of the molecule is CC(=O)OS(=O)(=O)CC(O)CCC(C)O. The van der Waals surface area contributed by atoms with Crippen molar-refractivity contribution in [2.24, 2.45) is 0 Å². The van der Waals surface area contributed by atoms with Gasteiger partial charge in [0.15, 0.2) is 0 Å². The van der Waals surface area contributed by atoms with Crippen LogP contribution in [0.1, 0.15) is 26.7 Å². The zero-order valence-corrected chi connectivity index (χ0v) is 9.53. The van der Waals surface area contributed by atoms with Gasteiger partial charge in [0.25, 0.3) is 0 Å². The summed E-state index contributed by atoms with van der Waals surface area (Å²) in [6, 6.07) is 0. The highest BCUT2D eigenvalue weighted by Gasteiger charge is 2.20. The highest BCUT2D eigenvalue weighted by atomic mass is 32.2. The molecule has 7 heteroatoms. The van der Waals surface area contributed by atoms with Gasteiger partial charge in [-0.25, -0.2) is 0 Å². The van der Waals surface area contributed by atoms with Crippen LogP contribution in [0, 0.1) is 0 Å². The molecule has 0 saturated heterocycles. The predicted octanol–water partition coefficient (Wildman–Crippen LogP) is -0.599. The predicted molar refractivity (Wildman–Crippen MR) is 52.5 cm³/mol. The van der Waals surface area contributed by atoms with E-state index in [0.717, 1.165) is 6.92 Å². The molecular formula is C8H16O6S. The third kappa shape index (κ3) is 8.34. The lowest BCUT2D eigenvalue weighted by atomic mass is 10.1. The lowest BCUT2D eigenvalue weighted by Gasteiger charge is -2.11. The van der Waals surface area contributed by atoms with Gasteiger partial charge in [0, 0.05) is 6.92 Å². The van der Waals surface area contributed by atoms with Crippen LogP contribution >= 0.6 is 0 Å². The molecule has 0 aromatic carbocycles. The van der Waals surface area contributed by atoms with Crippen LogP contribution in [-0.4, -0.2) is 42.6 Å². The molecule has 0 radical (unpaired) electrons. The summed E-state index contributed by atoms with van der Waals surface area (Å²) in [4.78, 5) is 10.4. The van der Waals surface area contributed by atoms with Crippen molar-refractivity contribution in [3.05, 3.63) is 0 Å². The van der Waals surface area contributed by atoms with Crippen molar-refractivity contribution in [3.63, 3.8) is 0 Å². The average molecular weight is 240 g/mol. The molecule has 6 nitrogen and oxygen atoms in total. The molecule has 0 aliphatic rings. The van der Waals surface area contributed by atoms with Crippen LogP contribution in [0.5, 0.6) is 0 Å². The van der Waals surface area contributed by atoms with Gasteiger partial charge in [0.2, 0.25) is 0 Å². The smallest absolute Gasteiger partial charge is 0.319 e. The quantitative estimate of drug-likeness (QED) is 0.601. The summed E-state index contributed by atoms with van der Waals surface area (Å²) >= 11 is 0. The Bertz CT molecular complexity index is 294. The summed E-state index contributed by atoms with van der Waals surface area (Å²) in [7, 11) is -4.01. The summed E-state index contributed by atoms with van der Waals surface area (Å²) in [5.74, 6) is -1.57. The zero-order valence-electron chi connectivity index (χ0n) is 8.71. The Balaban J connectivity index is 4.05. The Morgan fingerprint density at radius 1 is 1.33 bits per heavy atom. The Kier molecular flexibility index (Phi) is 5.77. The topological polar surface area (TPSA) is 101 Å². The van der Waals surface area contributed by atoms with E-state index < -0.39 is 34.0 Å². The van der Waals surface area contributed by atoms with Crippen LogP contribution in [0.25, 0.3) is 0 Å². The van der Waals surface area contributed by atoms with Gasteiger partial charge in [0.05, 0.1) is 12.2 Å². The second-order valence-electron chi connectivity index (χ2n) is 3.38. The first-order valence-electron chi connectivity index (χ1n) is 4.52. The fourth-order valence-electron chi connectivity index (χ4n) is 0.965. The first-order valence-corrected chi connectivity index (χ1v) is 6.09. The van der Waals surface area contributed by atoms with Gasteiger partial charge in [-0.3, -0.25) is 4.79 Å². The van der Waals surface area contributed by atoms with Crippen LogP contribution < -0.4 is 0 Å². The number of carbonyl (C=O) groups excluding carboxylic acids is 1. The zero-order chi connectivity index (χ0) is 12.1. The third-order valence-corrected chi connectivity index (χ3v) is 2.84. The van der Waals surface area contributed by atoms with Gasteiger partial charge in [-0.2, -0.15) is 8.42 Å². The standard InChI is InChI=1S/C8H16O6S/c1-6(9)3-4-8(11)5-15(12,13)14-7(2)10/h6,8-9,11H,3-5H2,1-2H3. The molecule has 0 aliphatic heterocycles. The fourth-order valence-corrected chi connectivity index (χ4v) is 2.03. The number of aliphatic hydroxyl groups is 2. The molecular weight excluding hydrogens is 224 g/mol. The van der Waals surface area contributed by atoms with Crippen molar-refractivity contribution < 1.29 is 27.6 Å². The fraction of sp³-hybridized carbons (Fsp3) is 0.875. The molecule has 0 saturated carbocycles. The monoisotopic (exact) mass is 240 g/mol. The van der Waals surface area contributed by atoms with Crippen LogP contribution in [0.15, 0.2) is 0 Å². The van der Waals surface area contributed by atoms with Gasteiger partial charge in [-0.15, -0.1) is 0 Å². The van der Waals surface area contributed by atoms with Crippen LogP contribution in [0.4, 0.5) is 0 Å². The van der Waals surface area contributed by atoms with E-state index in [1.165, 1.54) is 6.92 Å². The van der Waals surface area contributed by atoms with Gasteiger partial charge >= 0.3 is 16.1 Å². The molecule has 0 rings (SSSR count). The molecule has 0 aromatic heterocycles. The van der Waals surface area contributed by atoms with Crippen LogP contribution in [0.2, 0.25) is 0 Å². The summed E-state index contributed by atoms with van der Waals surface area (Å²) in [5.41, 5.74) is 0. The van der Waals surface area contributed by atoms with E-state index in [1.54, 1.807) is 0 Å². The Labute approximate surface area is 89.0 Å². The molecule has 2 atom stereocenters. The van der Waals surface area contributed by atoms with E-state index in [9.17, 15) is 18.3 Å². The first-order chi connectivity index (χ1) is 6.73. The van der Waals surface area contributed by atoms with E-state index in [1.807, 2.05) is 0 Å². The number of carbonyl (C=O) groups is 1. The van der Waals surface area contributed by atoms with Crippen molar-refractivity contribution in [1.82, 2.24) is 0 Å². The molecule has 0 aliphatic carbocycles. The molecule has 0 heterocycles. The number of hydrogen-bond donors (Lipinski definition) is 2. The van der Waals surface area contributed by atoms with Gasteiger partial charge in [0.1, 0.15) is 5.75 Å². The van der Waals surface area contributed by atoms with Crippen molar-refractivity contribution in [2.75, 3.05) is 5.75 Å². The van der Waals surface area contributed by atoms with Gasteiger partial charge < -0.3 is 14.4 Å². The second kappa shape index (κ2) is 6.04. The minimum Gasteiger partial charge on any atom is -0.393 e. The molecule has 2 unspecified atom stereocenters. The molecule has 0 aromatic rings. The van der Waals surface area contributed by atoms with Crippen LogP contribution in [-0.2, 0) is 19.1 Å². The maximum absolute atomic E-state index is 11.0. The first kappa shape index (κ1) is 14.3. The van der Waals surface area contributed by atoms with E-state index >= 15 is 0 Å². The second-order valence-corrected chi connectivity index (χ2v) is 4.99. The van der Waals surface area contributed by atoms with E-state index in [-0.39, 0.29) is 12.8 Å². The normalized spacial score (nSPS) is 15.7. The molecule has 0 amide bonds. The van der Waals surface area contributed by atoms with Gasteiger partial charge in [-0.05, 0) is 19.8 Å². The van der Waals surface area contributed by atoms with Crippen molar-refractivity contribution in [1.29, 1.82) is 0 Å². The number of hydrogen-bond acceptors (Lipinski definition) is 6. The summed E-state index contributed by atoms with van der Waals surface area (Å²) < 4.78 is 26.1. The minimum absolute atomic E-state index is 0.137. The largest absolute Gasteiger partial charge is 0.393 e. The van der Waals surface area contributed by atoms with Crippen molar-refractivity contribution in [3.8, 4) is 0 Å².